The molecule has 1 N–H and O–H groups in total. The van der Waals surface area contributed by atoms with Crippen LogP contribution in [-0.2, 0) is 24.2 Å². The van der Waals surface area contributed by atoms with Crippen LogP contribution in [0.2, 0.25) is 0 Å². The molecule has 2 atom stereocenters. The van der Waals surface area contributed by atoms with Crippen LogP contribution in [0, 0.1) is 0 Å². The highest BCUT2D eigenvalue weighted by Crippen LogP contribution is 2.36. The van der Waals surface area contributed by atoms with Crippen LogP contribution in [0.15, 0.2) is 0 Å². The molecular weight excluding hydrogens is 282 g/mol. The second-order valence-corrected chi connectivity index (χ2v) is 7.64. The largest absolute Gasteiger partial charge is 0.377 e. The maximum Gasteiger partial charge on any atom is 0.214 e. The van der Waals surface area contributed by atoms with E-state index in [2.05, 4.69) is 4.72 Å². The van der Waals surface area contributed by atoms with E-state index >= 15 is 0 Å². The Kier molecular flexibility index (Phi) is 4.33. The summed E-state index contributed by atoms with van der Waals surface area (Å²) in [5, 5.41) is 0. The molecule has 0 aromatic heterocycles. The van der Waals surface area contributed by atoms with Crippen molar-refractivity contribution in [3.05, 3.63) is 0 Å². The molecule has 3 fully saturated rings. The highest BCUT2D eigenvalue weighted by Gasteiger charge is 2.47. The van der Waals surface area contributed by atoms with Gasteiger partial charge in [-0.15, -0.1) is 0 Å². The quantitative estimate of drug-likeness (QED) is 0.830. The van der Waals surface area contributed by atoms with Gasteiger partial charge in [-0.25, -0.2) is 13.1 Å². The molecule has 0 aromatic carbocycles. The molecule has 3 rings (SSSR count). The van der Waals surface area contributed by atoms with Gasteiger partial charge in [0.15, 0.2) is 5.79 Å². The van der Waals surface area contributed by atoms with E-state index in [0.717, 1.165) is 38.5 Å². The minimum atomic E-state index is -3.36. The summed E-state index contributed by atoms with van der Waals surface area (Å²) in [4.78, 5) is 0. The van der Waals surface area contributed by atoms with Crippen molar-refractivity contribution in [3.63, 3.8) is 0 Å². The molecule has 2 saturated heterocycles. The fourth-order valence-electron chi connectivity index (χ4n) is 3.36. The predicted molar refractivity (Wildman–Crippen MR) is 72.8 cm³/mol. The van der Waals surface area contributed by atoms with E-state index < -0.39 is 15.8 Å². The zero-order chi connectivity index (χ0) is 14.1. The van der Waals surface area contributed by atoms with Gasteiger partial charge in [-0.2, -0.15) is 0 Å². The molecule has 116 valence electrons. The first-order chi connectivity index (χ1) is 9.60. The molecule has 0 amide bonds. The lowest BCUT2D eigenvalue weighted by atomic mass is 9.90. The Balaban J connectivity index is 1.65. The van der Waals surface area contributed by atoms with Crippen LogP contribution in [0.25, 0.3) is 0 Å². The minimum Gasteiger partial charge on any atom is -0.377 e. The van der Waals surface area contributed by atoms with E-state index in [4.69, 9.17) is 14.2 Å². The molecule has 0 aromatic rings. The third kappa shape index (κ3) is 3.17. The van der Waals surface area contributed by atoms with Crippen LogP contribution in [0.4, 0.5) is 0 Å². The molecule has 0 unspecified atom stereocenters. The SMILES string of the molecule is O=S(=O)(C[C@H]1CCCO1)N[C@@H]1CCCCC12OCCO2. The Morgan fingerprint density at radius 3 is 2.55 bits per heavy atom. The van der Waals surface area contributed by atoms with Crippen molar-refractivity contribution in [2.45, 2.75) is 56.5 Å². The number of sulfonamides is 1. The van der Waals surface area contributed by atoms with Gasteiger partial charge in [0.05, 0.1) is 31.1 Å². The average molecular weight is 305 g/mol. The smallest absolute Gasteiger partial charge is 0.214 e. The van der Waals surface area contributed by atoms with E-state index in [0.29, 0.717) is 19.8 Å². The zero-order valence-electron chi connectivity index (χ0n) is 11.7. The highest BCUT2D eigenvalue weighted by molar-refractivity contribution is 7.89. The zero-order valence-corrected chi connectivity index (χ0v) is 12.5. The van der Waals surface area contributed by atoms with Crippen molar-refractivity contribution in [2.75, 3.05) is 25.6 Å². The van der Waals surface area contributed by atoms with Crippen molar-refractivity contribution in [2.24, 2.45) is 0 Å². The summed E-state index contributed by atoms with van der Waals surface area (Å²) >= 11 is 0. The van der Waals surface area contributed by atoms with Crippen LogP contribution in [-0.4, -0.2) is 51.9 Å². The van der Waals surface area contributed by atoms with Crippen LogP contribution < -0.4 is 4.72 Å². The van der Waals surface area contributed by atoms with Crippen molar-refractivity contribution in [1.29, 1.82) is 0 Å². The molecular formula is C13H23NO5S. The number of nitrogens with one attached hydrogen (secondary N) is 1. The maximum atomic E-state index is 12.3. The summed E-state index contributed by atoms with van der Waals surface area (Å²) in [6, 6.07) is -0.273. The summed E-state index contributed by atoms with van der Waals surface area (Å²) in [5.41, 5.74) is 0. The van der Waals surface area contributed by atoms with Gasteiger partial charge in [-0.3, -0.25) is 0 Å². The van der Waals surface area contributed by atoms with Crippen molar-refractivity contribution in [1.82, 2.24) is 4.72 Å². The molecule has 1 aliphatic carbocycles. The molecule has 0 bridgehead atoms. The highest BCUT2D eigenvalue weighted by atomic mass is 32.2. The second kappa shape index (κ2) is 5.88. The normalized spacial score (nSPS) is 33.8. The van der Waals surface area contributed by atoms with Gasteiger partial charge < -0.3 is 14.2 Å². The number of ether oxygens (including phenoxy) is 3. The summed E-state index contributed by atoms with van der Waals surface area (Å²) in [6.07, 6.45) is 5.15. The van der Waals surface area contributed by atoms with Gasteiger partial charge in [-0.1, -0.05) is 6.42 Å². The van der Waals surface area contributed by atoms with Crippen molar-refractivity contribution >= 4 is 10.0 Å². The first kappa shape index (κ1) is 14.7. The van der Waals surface area contributed by atoms with Gasteiger partial charge in [0.1, 0.15) is 0 Å². The lowest BCUT2D eigenvalue weighted by Crippen LogP contribution is -2.56. The Labute approximate surface area is 120 Å². The fraction of sp³-hybridized carbons (Fsp3) is 1.00. The Bertz CT molecular complexity index is 426. The molecule has 7 heteroatoms. The molecule has 1 spiro atoms. The van der Waals surface area contributed by atoms with Crippen LogP contribution in [0.1, 0.15) is 38.5 Å². The molecule has 0 radical (unpaired) electrons. The van der Waals surface area contributed by atoms with Crippen molar-refractivity contribution in [3.8, 4) is 0 Å². The first-order valence-electron chi connectivity index (χ1n) is 7.49. The Morgan fingerprint density at radius 1 is 1.05 bits per heavy atom. The molecule has 1 saturated carbocycles. The third-order valence-electron chi connectivity index (χ3n) is 4.33. The standard InChI is InChI=1S/C13H23NO5S/c15-20(16,10-11-4-3-7-17-11)14-12-5-1-2-6-13(12)18-8-9-19-13/h11-12,14H,1-10H2/t11-,12-/m1/s1. The summed E-state index contributed by atoms with van der Waals surface area (Å²) in [6.45, 7) is 1.76. The lowest BCUT2D eigenvalue weighted by Gasteiger charge is -2.39. The van der Waals surface area contributed by atoms with Crippen LogP contribution in [0.3, 0.4) is 0 Å². The average Bonchev–Trinajstić information content (AvgIpc) is 3.04. The molecule has 6 nitrogen and oxygen atoms in total. The topological polar surface area (TPSA) is 73.9 Å². The molecule has 20 heavy (non-hydrogen) atoms. The Morgan fingerprint density at radius 2 is 1.85 bits per heavy atom. The molecule has 2 aliphatic heterocycles. The summed E-state index contributed by atoms with van der Waals surface area (Å²) in [7, 11) is -3.36. The third-order valence-corrected chi connectivity index (χ3v) is 5.78. The van der Waals surface area contributed by atoms with Gasteiger partial charge in [0, 0.05) is 13.0 Å². The summed E-state index contributed by atoms with van der Waals surface area (Å²) < 4.78 is 44.3. The van der Waals surface area contributed by atoms with E-state index in [-0.39, 0.29) is 17.9 Å². The number of hydrogen-bond acceptors (Lipinski definition) is 5. The van der Waals surface area contributed by atoms with Crippen molar-refractivity contribution < 1.29 is 22.6 Å². The molecule has 2 heterocycles. The van der Waals surface area contributed by atoms with E-state index in [9.17, 15) is 8.42 Å². The minimum absolute atomic E-state index is 0.0413. The number of rotatable bonds is 4. The summed E-state index contributed by atoms with van der Waals surface area (Å²) in [5.74, 6) is -0.693. The van der Waals surface area contributed by atoms with Gasteiger partial charge >= 0.3 is 0 Å². The van der Waals surface area contributed by atoms with E-state index in [1.54, 1.807) is 0 Å². The van der Waals surface area contributed by atoms with Gasteiger partial charge in [-0.05, 0) is 25.7 Å². The first-order valence-corrected chi connectivity index (χ1v) is 9.14. The number of hydrogen-bond donors (Lipinski definition) is 1. The van der Waals surface area contributed by atoms with E-state index in [1.165, 1.54) is 0 Å². The van der Waals surface area contributed by atoms with E-state index in [1.807, 2.05) is 0 Å². The lowest BCUT2D eigenvalue weighted by molar-refractivity contribution is -0.191. The molecule has 3 aliphatic rings. The maximum absolute atomic E-state index is 12.3. The monoisotopic (exact) mass is 305 g/mol. The van der Waals surface area contributed by atoms with Crippen LogP contribution in [0.5, 0.6) is 0 Å². The Hall–Kier alpha value is -0.210. The van der Waals surface area contributed by atoms with Crippen LogP contribution >= 0.6 is 0 Å². The van der Waals surface area contributed by atoms with Gasteiger partial charge in [0.2, 0.25) is 10.0 Å². The fourth-order valence-corrected chi connectivity index (χ4v) is 4.94. The predicted octanol–water partition coefficient (Wildman–Crippen LogP) is 0.770. The second-order valence-electron chi connectivity index (χ2n) is 5.84. The van der Waals surface area contributed by atoms with Gasteiger partial charge in [0.25, 0.3) is 0 Å².